The Hall–Kier alpha value is -0.820. The van der Waals surface area contributed by atoms with Gasteiger partial charge in [-0.2, -0.15) is 0 Å². The van der Waals surface area contributed by atoms with Gasteiger partial charge in [-0.3, -0.25) is 0 Å². The van der Waals surface area contributed by atoms with Crippen molar-refractivity contribution in [1.29, 1.82) is 0 Å². The molecule has 0 amide bonds. The summed E-state index contributed by atoms with van der Waals surface area (Å²) in [6.07, 6.45) is 3.52. The second kappa shape index (κ2) is 5.78. The summed E-state index contributed by atoms with van der Waals surface area (Å²) >= 11 is 0. The molecule has 0 N–H and O–H groups in total. The third-order valence-corrected chi connectivity index (χ3v) is 1.19. The zero-order valence-electron chi connectivity index (χ0n) is 6.63. The standard InChI is InChI=1S/C5H9N6.HI/c1-10-4-8-11(5-10)3-2-7-9-6;/h4-5H,2-3H2,1H3;1H/q+1;/p-1. The van der Waals surface area contributed by atoms with E-state index >= 15 is 0 Å². The largest absolute Gasteiger partial charge is 1.00 e. The minimum atomic E-state index is 0. The minimum Gasteiger partial charge on any atom is -1.00 e. The first-order valence-electron chi connectivity index (χ1n) is 3.21. The molecule has 7 heteroatoms. The molecular formula is C5H9IN6. The fraction of sp³-hybridized carbons (Fsp3) is 0.600. The van der Waals surface area contributed by atoms with Gasteiger partial charge in [-0.05, 0) is 5.53 Å². The number of hydrogen-bond acceptors (Lipinski definition) is 2. The molecule has 0 saturated carbocycles. The van der Waals surface area contributed by atoms with E-state index in [0.717, 1.165) is 0 Å². The van der Waals surface area contributed by atoms with Crippen molar-refractivity contribution < 1.29 is 28.5 Å². The molecule has 0 bridgehead atoms. The zero-order chi connectivity index (χ0) is 8.10. The monoisotopic (exact) mass is 280 g/mol. The second-order valence-electron chi connectivity index (χ2n) is 2.13. The summed E-state index contributed by atoms with van der Waals surface area (Å²) in [5, 5.41) is 7.37. The van der Waals surface area contributed by atoms with Crippen LogP contribution in [0.5, 0.6) is 0 Å². The first kappa shape index (κ1) is 11.2. The van der Waals surface area contributed by atoms with Crippen LogP contribution >= 0.6 is 0 Å². The lowest BCUT2D eigenvalue weighted by atomic mass is 10.7. The molecule has 0 fully saturated rings. The predicted octanol–water partition coefficient (Wildman–Crippen LogP) is -2.98. The van der Waals surface area contributed by atoms with Gasteiger partial charge in [0.15, 0.2) is 0 Å². The highest BCUT2D eigenvalue weighted by Crippen LogP contribution is 1.79. The molecule has 6 nitrogen and oxygen atoms in total. The molecule has 66 valence electrons. The van der Waals surface area contributed by atoms with Gasteiger partial charge in [-0.15, -0.1) is 4.68 Å². The quantitative estimate of drug-likeness (QED) is 0.191. The summed E-state index contributed by atoms with van der Waals surface area (Å²) < 4.78 is 3.55. The molecule has 1 heterocycles. The molecule has 0 aliphatic carbocycles. The summed E-state index contributed by atoms with van der Waals surface area (Å²) in [6.45, 7) is 1.07. The van der Waals surface area contributed by atoms with E-state index in [1.165, 1.54) is 0 Å². The van der Waals surface area contributed by atoms with Crippen molar-refractivity contribution in [1.82, 2.24) is 9.78 Å². The SMILES string of the molecule is C[n+]1cnn(CCN=[N+]=[N-])c1.[I-]. The Bertz CT molecular complexity index is 275. The van der Waals surface area contributed by atoms with Crippen LogP contribution in [-0.4, -0.2) is 16.3 Å². The van der Waals surface area contributed by atoms with E-state index in [2.05, 4.69) is 15.1 Å². The maximum atomic E-state index is 7.97. The van der Waals surface area contributed by atoms with Gasteiger partial charge in [0.1, 0.15) is 6.54 Å². The number of nitrogens with zero attached hydrogens (tertiary/aromatic N) is 6. The molecule has 0 unspecified atom stereocenters. The van der Waals surface area contributed by atoms with E-state index in [9.17, 15) is 0 Å². The molecule has 1 aromatic rings. The number of halogens is 1. The van der Waals surface area contributed by atoms with Crippen LogP contribution in [0, 0.1) is 0 Å². The number of hydrogen-bond donors (Lipinski definition) is 0. The van der Waals surface area contributed by atoms with Crippen molar-refractivity contribution in [2.24, 2.45) is 12.2 Å². The highest BCUT2D eigenvalue weighted by molar-refractivity contribution is 4.49. The van der Waals surface area contributed by atoms with Crippen LogP contribution in [0.2, 0.25) is 0 Å². The van der Waals surface area contributed by atoms with Crippen molar-refractivity contribution in [3.05, 3.63) is 23.1 Å². The highest BCUT2D eigenvalue weighted by atomic mass is 127. The third kappa shape index (κ3) is 3.54. The van der Waals surface area contributed by atoms with Crippen LogP contribution in [0.4, 0.5) is 0 Å². The Morgan fingerprint density at radius 1 is 1.75 bits per heavy atom. The molecule has 12 heavy (non-hydrogen) atoms. The van der Waals surface area contributed by atoms with Crippen molar-refractivity contribution >= 4 is 0 Å². The van der Waals surface area contributed by atoms with Crippen molar-refractivity contribution in [2.75, 3.05) is 6.54 Å². The van der Waals surface area contributed by atoms with Gasteiger partial charge in [0.25, 0.3) is 6.33 Å². The van der Waals surface area contributed by atoms with Crippen LogP contribution in [0.15, 0.2) is 17.8 Å². The molecule has 1 rings (SSSR count). The van der Waals surface area contributed by atoms with Crippen LogP contribution in [-0.2, 0) is 13.6 Å². The summed E-state index contributed by atoms with van der Waals surface area (Å²) in [5.41, 5.74) is 7.97. The molecule has 0 spiro atoms. The predicted molar refractivity (Wildman–Crippen MR) is 37.4 cm³/mol. The smallest absolute Gasteiger partial charge is 0.264 e. The third-order valence-electron chi connectivity index (χ3n) is 1.19. The average molecular weight is 280 g/mol. The van der Waals surface area contributed by atoms with Crippen molar-refractivity contribution in [2.45, 2.75) is 6.54 Å². The van der Waals surface area contributed by atoms with E-state index in [1.54, 1.807) is 11.0 Å². The van der Waals surface area contributed by atoms with Gasteiger partial charge in [-0.1, -0.05) is 5.11 Å². The van der Waals surface area contributed by atoms with Gasteiger partial charge in [0.2, 0.25) is 6.33 Å². The van der Waals surface area contributed by atoms with Gasteiger partial charge in [0, 0.05) is 10.0 Å². The van der Waals surface area contributed by atoms with Gasteiger partial charge in [-0.25, -0.2) is 4.57 Å². The van der Waals surface area contributed by atoms with Crippen LogP contribution in [0.3, 0.4) is 0 Å². The van der Waals surface area contributed by atoms with Crippen LogP contribution in [0.25, 0.3) is 10.4 Å². The number of rotatable bonds is 3. The van der Waals surface area contributed by atoms with E-state index in [4.69, 9.17) is 5.53 Å². The van der Waals surface area contributed by atoms with Gasteiger partial charge in [0.05, 0.1) is 13.6 Å². The minimum absolute atomic E-state index is 0. The van der Waals surface area contributed by atoms with Crippen LogP contribution < -0.4 is 28.5 Å². The topological polar surface area (TPSA) is 70.5 Å². The van der Waals surface area contributed by atoms with E-state index < -0.39 is 0 Å². The highest BCUT2D eigenvalue weighted by Gasteiger charge is 1.99. The lowest BCUT2D eigenvalue weighted by Crippen LogP contribution is -3.00. The van der Waals surface area contributed by atoms with Crippen molar-refractivity contribution in [3.8, 4) is 0 Å². The Morgan fingerprint density at radius 3 is 3.00 bits per heavy atom. The maximum absolute atomic E-state index is 7.97. The molecule has 0 aromatic carbocycles. The second-order valence-corrected chi connectivity index (χ2v) is 2.13. The molecule has 0 aliphatic rings. The lowest BCUT2D eigenvalue weighted by molar-refractivity contribution is -0.672. The molecule has 0 aliphatic heterocycles. The van der Waals surface area contributed by atoms with E-state index in [1.807, 2.05) is 17.9 Å². The summed E-state index contributed by atoms with van der Waals surface area (Å²) in [6, 6.07) is 0. The summed E-state index contributed by atoms with van der Waals surface area (Å²) in [5.74, 6) is 0. The maximum Gasteiger partial charge on any atom is 0.264 e. The number of azide groups is 1. The van der Waals surface area contributed by atoms with E-state index in [-0.39, 0.29) is 24.0 Å². The normalized spacial score (nSPS) is 8.42. The summed E-state index contributed by atoms with van der Waals surface area (Å²) in [7, 11) is 1.89. The summed E-state index contributed by atoms with van der Waals surface area (Å²) in [4.78, 5) is 2.63. The Morgan fingerprint density at radius 2 is 2.50 bits per heavy atom. The Labute approximate surface area is 86.8 Å². The molecule has 0 atom stereocenters. The first-order chi connectivity index (χ1) is 5.33. The molecule has 1 aromatic heterocycles. The molecule has 0 radical (unpaired) electrons. The van der Waals surface area contributed by atoms with Crippen molar-refractivity contribution in [3.63, 3.8) is 0 Å². The van der Waals surface area contributed by atoms with Gasteiger partial charge < -0.3 is 24.0 Å². The lowest BCUT2D eigenvalue weighted by Gasteiger charge is -1.84. The number of aromatic nitrogens is 3. The fourth-order valence-electron chi connectivity index (χ4n) is 0.725. The first-order valence-corrected chi connectivity index (χ1v) is 3.21. The molecular weight excluding hydrogens is 271 g/mol. The Kier molecular flexibility index (Phi) is 5.39. The number of aryl methyl sites for hydroxylation is 1. The van der Waals surface area contributed by atoms with Crippen LogP contribution in [0.1, 0.15) is 0 Å². The fourth-order valence-corrected chi connectivity index (χ4v) is 0.725. The van der Waals surface area contributed by atoms with E-state index in [0.29, 0.717) is 13.1 Å². The van der Waals surface area contributed by atoms with Gasteiger partial charge >= 0.3 is 0 Å². The average Bonchev–Trinajstić information content (AvgIpc) is 2.37. The zero-order valence-corrected chi connectivity index (χ0v) is 8.79. The molecule has 0 saturated heterocycles. The Balaban J connectivity index is 0.00000121.